The van der Waals surface area contributed by atoms with Crippen LogP contribution in [0.1, 0.15) is 33.4 Å². The zero-order chi connectivity index (χ0) is 21.7. The standard InChI is InChI=1S/C24H17ClN2O4/c1-13-4-3-5-19(26-13)27-21(14-6-9-16(30-2)10-7-14)20-22(28)17-12-15(25)8-11-18(17)31-23(20)24(27)29/h3-12,21H,1-2H3. The summed E-state index contributed by atoms with van der Waals surface area (Å²) in [5.74, 6) is 0.719. The Kier molecular flexibility index (Phi) is 4.52. The summed E-state index contributed by atoms with van der Waals surface area (Å²) in [5, 5.41) is 0.749. The lowest BCUT2D eigenvalue weighted by Gasteiger charge is -2.24. The van der Waals surface area contributed by atoms with E-state index in [4.69, 9.17) is 20.8 Å². The first-order valence-electron chi connectivity index (χ1n) is 9.65. The smallest absolute Gasteiger partial charge is 0.296 e. The Morgan fingerprint density at radius 3 is 2.55 bits per heavy atom. The molecule has 0 aliphatic carbocycles. The Hall–Kier alpha value is -3.64. The van der Waals surface area contributed by atoms with Gasteiger partial charge in [-0.1, -0.05) is 29.8 Å². The van der Waals surface area contributed by atoms with Crippen molar-refractivity contribution in [2.75, 3.05) is 12.0 Å². The van der Waals surface area contributed by atoms with Crippen molar-refractivity contribution in [1.82, 2.24) is 4.98 Å². The number of hydrogen-bond acceptors (Lipinski definition) is 5. The summed E-state index contributed by atoms with van der Waals surface area (Å²) in [7, 11) is 1.58. The van der Waals surface area contributed by atoms with E-state index in [2.05, 4.69) is 4.98 Å². The molecular weight excluding hydrogens is 416 g/mol. The maximum atomic E-state index is 13.5. The Balaban J connectivity index is 1.80. The number of fused-ring (bicyclic) bond motifs is 2. The summed E-state index contributed by atoms with van der Waals surface area (Å²) in [5.41, 5.74) is 1.79. The van der Waals surface area contributed by atoms with Gasteiger partial charge in [0.1, 0.15) is 17.2 Å². The monoisotopic (exact) mass is 432 g/mol. The largest absolute Gasteiger partial charge is 0.497 e. The van der Waals surface area contributed by atoms with E-state index < -0.39 is 11.9 Å². The second kappa shape index (κ2) is 7.25. The van der Waals surface area contributed by atoms with Crippen LogP contribution >= 0.6 is 11.6 Å². The lowest BCUT2D eigenvalue weighted by Crippen LogP contribution is -2.30. The molecule has 0 spiro atoms. The van der Waals surface area contributed by atoms with Crippen LogP contribution in [0.2, 0.25) is 5.02 Å². The molecule has 0 radical (unpaired) electrons. The molecular formula is C24H17ClN2O4. The van der Waals surface area contributed by atoms with Crippen molar-refractivity contribution < 1.29 is 13.9 Å². The fraction of sp³-hybridized carbons (Fsp3) is 0.125. The molecule has 1 amide bonds. The van der Waals surface area contributed by atoms with Gasteiger partial charge in [0.15, 0.2) is 5.43 Å². The second-order valence-corrected chi connectivity index (χ2v) is 7.74. The number of benzene rings is 2. The van der Waals surface area contributed by atoms with Crippen molar-refractivity contribution in [3.05, 3.63) is 98.5 Å². The highest BCUT2D eigenvalue weighted by Gasteiger charge is 2.44. The van der Waals surface area contributed by atoms with Crippen LogP contribution in [-0.4, -0.2) is 18.0 Å². The van der Waals surface area contributed by atoms with Crippen LogP contribution in [0.25, 0.3) is 11.0 Å². The summed E-state index contributed by atoms with van der Waals surface area (Å²) in [6.07, 6.45) is 0. The minimum absolute atomic E-state index is 0.0175. The molecule has 6 nitrogen and oxygen atoms in total. The van der Waals surface area contributed by atoms with Crippen LogP contribution in [-0.2, 0) is 0 Å². The molecule has 1 unspecified atom stereocenters. The van der Waals surface area contributed by atoms with Gasteiger partial charge < -0.3 is 9.15 Å². The number of methoxy groups -OCH3 is 1. The maximum Gasteiger partial charge on any atom is 0.296 e. The fourth-order valence-corrected chi connectivity index (χ4v) is 4.12. The fourth-order valence-electron chi connectivity index (χ4n) is 3.95. The van der Waals surface area contributed by atoms with E-state index in [9.17, 15) is 9.59 Å². The van der Waals surface area contributed by atoms with Crippen LogP contribution in [0.5, 0.6) is 5.75 Å². The average Bonchev–Trinajstić information content (AvgIpc) is 3.07. The van der Waals surface area contributed by atoms with E-state index in [1.54, 1.807) is 43.5 Å². The number of aryl methyl sites for hydroxylation is 1. The predicted molar refractivity (Wildman–Crippen MR) is 118 cm³/mol. The van der Waals surface area contributed by atoms with Crippen molar-refractivity contribution in [3.8, 4) is 5.75 Å². The van der Waals surface area contributed by atoms with Gasteiger partial charge in [-0.3, -0.25) is 14.5 Å². The highest BCUT2D eigenvalue weighted by Crippen LogP contribution is 2.41. The van der Waals surface area contributed by atoms with Crippen molar-refractivity contribution in [1.29, 1.82) is 0 Å². The summed E-state index contributed by atoms with van der Waals surface area (Å²) >= 11 is 6.12. The van der Waals surface area contributed by atoms with Gasteiger partial charge in [-0.25, -0.2) is 4.98 Å². The molecule has 2 aromatic heterocycles. The molecule has 1 aliphatic rings. The molecule has 3 heterocycles. The maximum absolute atomic E-state index is 13.5. The number of amides is 1. The number of carbonyl (C=O) groups is 1. The third-order valence-electron chi connectivity index (χ3n) is 5.38. The zero-order valence-corrected chi connectivity index (χ0v) is 17.5. The summed E-state index contributed by atoms with van der Waals surface area (Å²) < 4.78 is 11.2. The van der Waals surface area contributed by atoms with Gasteiger partial charge in [-0.2, -0.15) is 0 Å². The molecule has 4 aromatic rings. The molecule has 0 saturated carbocycles. The molecule has 0 bridgehead atoms. The minimum atomic E-state index is -0.692. The SMILES string of the molecule is COc1ccc(C2c3c(oc4ccc(Cl)cc4c3=O)C(=O)N2c2cccc(C)n2)cc1. The second-order valence-electron chi connectivity index (χ2n) is 7.30. The molecule has 0 saturated heterocycles. The van der Waals surface area contributed by atoms with Gasteiger partial charge in [-0.05, 0) is 55.0 Å². The third-order valence-corrected chi connectivity index (χ3v) is 5.62. The number of rotatable bonds is 3. The number of carbonyl (C=O) groups excluding carboxylic acids is 1. The van der Waals surface area contributed by atoms with Gasteiger partial charge in [0, 0.05) is 10.7 Å². The summed E-state index contributed by atoms with van der Waals surface area (Å²) in [6, 6.07) is 16.7. The molecule has 31 heavy (non-hydrogen) atoms. The lowest BCUT2D eigenvalue weighted by molar-refractivity contribution is 0.0970. The number of anilines is 1. The zero-order valence-electron chi connectivity index (χ0n) is 16.8. The van der Waals surface area contributed by atoms with Gasteiger partial charge in [0.25, 0.3) is 5.91 Å². The number of halogens is 1. The highest BCUT2D eigenvalue weighted by atomic mass is 35.5. The molecule has 5 rings (SSSR count). The number of pyridine rings is 1. The first kappa shape index (κ1) is 19.3. The molecule has 2 aromatic carbocycles. The van der Waals surface area contributed by atoms with E-state index in [1.165, 1.54) is 4.90 Å². The molecule has 7 heteroatoms. The van der Waals surface area contributed by atoms with E-state index in [1.807, 2.05) is 31.2 Å². The molecule has 154 valence electrons. The number of ether oxygens (including phenoxy) is 1. The van der Waals surface area contributed by atoms with Gasteiger partial charge >= 0.3 is 0 Å². The molecule has 0 N–H and O–H groups in total. The Labute approximate surface area is 182 Å². The first-order valence-corrected chi connectivity index (χ1v) is 10.0. The van der Waals surface area contributed by atoms with Crippen LogP contribution in [0.15, 0.2) is 69.9 Å². The number of hydrogen-bond donors (Lipinski definition) is 0. The molecule has 1 atom stereocenters. The van der Waals surface area contributed by atoms with Crippen LogP contribution in [0.4, 0.5) is 5.82 Å². The van der Waals surface area contributed by atoms with Gasteiger partial charge in [0.05, 0.1) is 24.1 Å². The van der Waals surface area contributed by atoms with E-state index in [0.29, 0.717) is 27.6 Å². The van der Waals surface area contributed by atoms with E-state index in [-0.39, 0.29) is 16.8 Å². The quantitative estimate of drug-likeness (QED) is 0.460. The number of nitrogens with zero attached hydrogens (tertiary/aromatic N) is 2. The predicted octanol–water partition coefficient (Wildman–Crippen LogP) is 4.91. The number of aromatic nitrogens is 1. The Morgan fingerprint density at radius 2 is 1.84 bits per heavy atom. The topological polar surface area (TPSA) is 72.6 Å². The van der Waals surface area contributed by atoms with Crippen LogP contribution in [0.3, 0.4) is 0 Å². The van der Waals surface area contributed by atoms with Gasteiger partial charge in [0.2, 0.25) is 5.76 Å². The third kappa shape index (κ3) is 3.07. The first-order chi connectivity index (χ1) is 15.0. The Bertz CT molecular complexity index is 1400. The molecule has 1 aliphatic heterocycles. The highest BCUT2D eigenvalue weighted by molar-refractivity contribution is 6.31. The minimum Gasteiger partial charge on any atom is -0.497 e. The normalized spacial score (nSPS) is 15.4. The van der Waals surface area contributed by atoms with Crippen molar-refractivity contribution >= 4 is 34.3 Å². The van der Waals surface area contributed by atoms with Gasteiger partial charge in [-0.15, -0.1) is 0 Å². The summed E-state index contributed by atoms with van der Waals surface area (Å²) in [6.45, 7) is 1.85. The van der Waals surface area contributed by atoms with E-state index in [0.717, 1.165) is 11.3 Å². The Morgan fingerprint density at radius 1 is 1.06 bits per heavy atom. The van der Waals surface area contributed by atoms with Crippen LogP contribution < -0.4 is 15.1 Å². The van der Waals surface area contributed by atoms with E-state index >= 15 is 0 Å². The van der Waals surface area contributed by atoms with Crippen molar-refractivity contribution in [2.24, 2.45) is 0 Å². The summed E-state index contributed by atoms with van der Waals surface area (Å²) in [4.78, 5) is 33.0. The van der Waals surface area contributed by atoms with Crippen molar-refractivity contribution in [3.63, 3.8) is 0 Å². The average molecular weight is 433 g/mol. The lowest BCUT2D eigenvalue weighted by atomic mass is 9.98. The van der Waals surface area contributed by atoms with Crippen molar-refractivity contribution in [2.45, 2.75) is 13.0 Å². The molecule has 0 fully saturated rings. The van der Waals surface area contributed by atoms with Crippen LogP contribution in [0, 0.1) is 6.92 Å².